The lowest BCUT2D eigenvalue weighted by atomic mass is 9.95. The Hall–Kier alpha value is -2.98. The molecule has 0 aliphatic carbocycles. The molecule has 3 nitrogen and oxygen atoms in total. The number of carbonyl (C=O) groups excluding carboxylic acids is 1. The van der Waals surface area contributed by atoms with Gasteiger partial charge in [0, 0.05) is 6.04 Å². The maximum absolute atomic E-state index is 13.8. The summed E-state index contributed by atoms with van der Waals surface area (Å²) in [6.45, 7) is 5.82. The molecule has 3 rings (SSSR count). The van der Waals surface area contributed by atoms with E-state index in [1.165, 1.54) is 17.2 Å². The van der Waals surface area contributed by atoms with E-state index in [2.05, 4.69) is 36.5 Å². The van der Waals surface area contributed by atoms with Crippen LogP contribution in [0.25, 0.3) is 0 Å². The summed E-state index contributed by atoms with van der Waals surface area (Å²) in [5, 5.41) is 3.44. The predicted molar refractivity (Wildman–Crippen MR) is 120 cm³/mol. The first-order chi connectivity index (χ1) is 14.3. The van der Waals surface area contributed by atoms with Gasteiger partial charge in [0.2, 0.25) is 5.91 Å². The van der Waals surface area contributed by atoms with E-state index < -0.39 is 11.9 Å². The van der Waals surface area contributed by atoms with Crippen LogP contribution in [0.4, 0.5) is 4.39 Å². The van der Waals surface area contributed by atoms with Crippen molar-refractivity contribution in [2.24, 2.45) is 5.73 Å². The Balaban J connectivity index is 1.88. The Morgan fingerprint density at radius 2 is 1.47 bits per heavy atom. The number of aryl methyl sites for hydroxylation is 4. The van der Waals surface area contributed by atoms with E-state index in [1.807, 2.05) is 37.3 Å². The van der Waals surface area contributed by atoms with Crippen LogP contribution in [0.2, 0.25) is 0 Å². The lowest BCUT2D eigenvalue weighted by molar-refractivity contribution is -0.120. The second-order valence-corrected chi connectivity index (χ2v) is 8.00. The van der Waals surface area contributed by atoms with Gasteiger partial charge in [0.05, 0.1) is 0 Å². The zero-order valence-electron chi connectivity index (χ0n) is 17.8. The van der Waals surface area contributed by atoms with Crippen LogP contribution in [0, 0.1) is 26.6 Å². The number of hydrogen-bond donors (Lipinski definition) is 2. The lowest BCUT2D eigenvalue weighted by Gasteiger charge is -2.25. The second kappa shape index (κ2) is 9.68. The molecule has 3 aromatic rings. The molecule has 0 saturated heterocycles. The third kappa shape index (κ3) is 5.55. The molecule has 30 heavy (non-hydrogen) atoms. The van der Waals surface area contributed by atoms with Crippen molar-refractivity contribution in [3.8, 4) is 0 Å². The van der Waals surface area contributed by atoms with Crippen molar-refractivity contribution in [1.82, 2.24) is 5.32 Å². The summed E-state index contributed by atoms with van der Waals surface area (Å²) in [5.41, 5.74) is 11.7. The first kappa shape index (κ1) is 21.7. The van der Waals surface area contributed by atoms with Crippen molar-refractivity contribution < 1.29 is 9.18 Å². The van der Waals surface area contributed by atoms with Gasteiger partial charge in [-0.15, -0.1) is 0 Å². The van der Waals surface area contributed by atoms with Gasteiger partial charge in [-0.2, -0.15) is 0 Å². The molecule has 0 saturated carbocycles. The molecule has 0 aliphatic rings. The lowest BCUT2D eigenvalue weighted by Crippen LogP contribution is -2.36. The summed E-state index contributed by atoms with van der Waals surface area (Å²) in [5.74, 6) is -0.668. The number of primary amides is 1. The minimum Gasteiger partial charge on any atom is -0.368 e. The van der Waals surface area contributed by atoms with Crippen LogP contribution < -0.4 is 11.1 Å². The molecule has 4 heteroatoms. The van der Waals surface area contributed by atoms with Gasteiger partial charge in [0.15, 0.2) is 0 Å². The fourth-order valence-electron chi connectivity index (χ4n) is 3.60. The predicted octanol–water partition coefficient (Wildman–Crippen LogP) is 5.24. The Morgan fingerprint density at radius 3 is 2.03 bits per heavy atom. The van der Waals surface area contributed by atoms with Crippen molar-refractivity contribution in [2.75, 3.05) is 0 Å². The molecule has 0 spiro atoms. The minimum absolute atomic E-state index is 0.149. The van der Waals surface area contributed by atoms with Gasteiger partial charge in [-0.1, -0.05) is 71.8 Å². The van der Waals surface area contributed by atoms with Crippen LogP contribution in [0.1, 0.15) is 51.9 Å². The van der Waals surface area contributed by atoms with E-state index in [9.17, 15) is 9.18 Å². The third-order valence-electron chi connectivity index (χ3n) is 5.49. The fraction of sp³-hybridized carbons (Fsp3) is 0.269. The van der Waals surface area contributed by atoms with Crippen molar-refractivity contribution in [3.63, 3.8) is 0 Å². The van der Waals surface area contributed by atoms with Crippen LogP contribution in [0.5, 0.6) is 0 Å². The van der Waals surface area contributed by atoms with Crippen LogP contribution in [-0.2, 0) is 11.2 Å². The number of nitrogens with two attached hydrogens (primary N) is 1. The molecule has 0 radical (unpaired) electrons. The normalized spacial score (nSPS) is 13.1. The molecule has 3 aromatic carbocycles. The summed E-state index contributed by atoms with van der Waals surface area (Å²) >= 11 is 0. The third-order valence-corrected chi connectivity index (χ3v) is 5.49. The maximum atomic E-state index is 13.8. The van der Waals surface area contributed by atoms with Gasteiger partial charge in [0.1, 0.15) is 11.9 Å². The van der Waals surface area contributed by atoms with Crippen LogP contribution >= 0.6 is 0 Å². The highest BCUT2D eigenvalue weighted by Crippen LogP contribution is 2.26. The molecule has 0 bridgehead atoms. The average Bonchev–Trinajstić information content (AvgIpc) is 2.72. The molecule has 1 amide bonds. The van der Waals surface area contributed by atoms with Crippen molar-refractivity contribution in [2.45, 2.75) is 45.7 Å². The van der Waals surface area contributed by atoms with Crippen molar-refractivity contribution in [3.05, 3.63) is 106 Å². The Labute approximate surface area is 178 Å². The first-order valence-electron chi connectivity index (χ1n) is 10.3. The molecule has 0 fully saturated rings. The number of amides is 1. The summed E-state index contributed by atoms with van der Waals surface area (Å²) in [7, 11) is 0. The van der Waals surface area contributed by atoms with E-state index >= 15 is 0 Å². The van der Waals surface area contributed by atoms with Crippen molar-refractivity contribution in [1.29, 1.82) is 0 Å². The van der Waals surface area contributed by atoms with Crippen LogP contribution in [0.15, 0.2) is 66.7 Å². The summed E-state index contributed by atoms with van der Waals surface area (Å²) in [6, 6.07) is 20.5. The standard InChI is InChI=1S/C26H29FN2O/c1-17-4-8-20(9-5-17)10-15-24(22-13-14-23(27)19(3)16-22)29-25(26(28)30)21-11-6-18(2)7-12-21/h4-9,11-14,16,24-25,29H,10,15H2,1-3H3,(H2,28,30)/t24-,25+/m0/s1. The van der Waals surface area contributed by atoms with Crippen LogP contribution in [0.3, 0.4) is 0 Å². The molecule has 3 N–H and O–H groups in total. The second-order valence-electron chi connectivity index (χ2n) is 8.00. The van der Waals surface area contributed by atoms with E-state index in [0.717, 1.165) is 29.5 Å². The molecule has 2 atom stereocenters. The SMILES string of the molecule is Cc1ccc(CC[C@H](N[C@@H](C(N)=O)c2ccc(C)cc2)c2ccc(F)c(C)c2)cc1. The molecule has 0 aliphatic heterocycles. The topological polar surface area (TPSA) is 55.1 Å². The highest BCUT2D eigenvalue weighted by atomic mass is 19.1. The highest BCUT2D eigenvalue weighted by molar-refractivity contribution is 5.81. The zero-order valence-corrected chi connectivity index (χ0v) is 17.8. The summed E-state index contributed by atoms with van der Waals surface area (Å²) in [4.78, 5) is 12.3. The van der Waals surface area contributed by atoms with Gasteiger partial charge >= 0.3 is 0 Å². The number of hydrogen-bond acceptors (Lipinski definition) is 2. The summed E-state index contributed by atoms with van der Waals surface area (Å²) < 4.78 is 13.8. The Bertz CT molecular complexity index is 997. The van der Waals surface area contributed by atoms with Crippen LogP contribution in [-0.4, -0.2) is 5.91 Å². The molecular formula is C26H29FN2O. The number of carbonyl (C=O) groups is 1. The van der Waals surface area contributed by atoms with Gasteiger partial charge in [-0.25, -0.2) is 4.39 Å². The number of nitrogens with one attached hydrogen (secondary N) is 1. The van der Waals surface area contributed by atoms with Gasteiger partial charge in [-0.3, -0.25) is 10.1 Å². The maximum Gasteiger partial charge on any atom is 0.239 e. The monoisotopic (exact) mass is 404 g/mol. The van der Waals surface area contributed by atoms with E-state index in [1.54, 1.807) is 13.0 Å². The number of halogens is 1. The van der Waals surface area contributed by atoms with Gasteiger partial charge in [-0.05, 0) is 61.9 Å². The fourth-order valence-corrected chi connectivity index (χ4v) is 3.60. The average molecular weight is 405 g/mol. The Kier molecular flexibility index (Phi) is 7.01. The van der Waals surface area contributed by atoms with Gasteiger partial charge < -0.3 is 5.73 Å². The molecule has 0 unspecified atom stereocenters. The molecular weight excluding hydrogens is 375 g/mol. The molecule has 0 heterocycles. The molecule has 156 valence electrons. The smallest absolute Gasteiger partial charge is 0.239 e. The Morgan fingerprint density at radius 1 is 0.900 bits per heavy atom. The quantitative estimate of drug-likeness (QED) is 0.539. The van der Waals surface area contributed by atoms with E-state index in [0.29, 0.717) is 5.56 Å². The molecule has 0 aromatic heterocycles. The minimum atomic E-state index is -0.626. The number of rotatable bonds is 8. The number of benzene rings is 3. The summed E-state index contributed by atoms with van der Waals surface area (Å²) in [6.07, 6.45) is 1.58. The van der Waals surface area contributed by atoms with Crippen molar-refractivity contribution >= 4 is 5.91 Å². The van der Waals surface area contributed by atoms with E-state index in [4.69, 9.17) is 5.73 Å². The zero-order chi connectivity index (χ0) is 21.7. The highest BCUT2D eigenvalue weighted by Gasteiger charge is 2.23. The largest absolute Gasteiger partial charge is 0.368 e. The first-order valence-corrected chi connectivity index (χ1v) is 10.3. The van der Waals surface area contributed by atoms with Gasteiger partial charge in [0.25, 0.3) is 0 Å². The van der Waals surface area contributed by atoms with E-state index in [-0.39, 0.29) is 11.9 Å².